The minimum Gasteiger partial charge on any atom is -0.428 e. The molecule has 0 aliphatic heterocycles. The van der Waals surface area contributed by atoms with Gasteiger partial charge in [0.1, 0.15) is 5.75 Å². The van der Waals surface area contributed by atoms with Crippen LogP contribution in [0.5, 0.6) is 5.75 Å². The highest BCUT2D eigenvalue weighted by molar-refractivity contribution is 5.91. The van der Waals surface area contributed by atoms with Gasteiger partial charge in [-0.15, -0.1) is 0 Å². The van der Waals surface area contributed by atoms with E-state index < -0.39 is 0 Å². The molecule has 0 spiro atoms. The predicted molar refractivity (Wildman–Crippen MR) is 156 cm³/mol. The summed E-state index contributed by atoms with van der Waals surface area (Å²) in [6.07, 6.45) is 15.7. The number of hydrogen-bond acceptors (Lipinski definition) is 4. The molecule has 1 aromatic carbocycles. The summed E-state index contributed by atoms with van der Waals surface area (Å²) in [6.45, 7) is 9.41. The molecule has 214 valence electrons. The monoisotopic (exact) mass is 535 g/mol. The highest BCUT2D eigenvalue weighted by Gasteiger charge is 2.61. The number of aliphatic hydroxyl groups is 1. The van der Waals surface area contributed by atoms with E-state index in [1.54, 1.807) is 6.07 Å². The molecule has 0 bridgehead atoms. The van der Waals surface area contributed by atoms with Gasteiger partial charge in [-0.1, -0.05) is 32.8 Å². The van der Waals surface area contributed by atoms with Crippen molar-refractivity contribution in [2.45, 2.75) is 111 Å². The van der Waals surface area contributed by atoms with Crippen LogP contribution in [0.1, 0.15) is 110 Å². The van der Waals surface area contributed by atoms with Crippen molar-refractivity contribution in [3.63, 3.8) is 0 Å². The van der Waals surface area contributed by atoms with Crippen molar-refractivity contribution < 1.29 is 19.4 Å². The van der Waals surface area contributed by atoms with Gasteiger partial charge in [0.2, 0.25) is 5.91 Å². The molecular weight excluding hydrogens is 486 g/mol. The number of benzene rings is 1. The number of hydrogen-bond donors (Lipinski definition) is 2. The maximum atomic E-state index is 12.8. The van der Waals surface area contributed by atoms with Crippen molar-refractivity contribution in [3.05, 3.63) is 29.8 Å². The Bertz CT molecular complexity index is 1100. The van der Waals surface area contributed by atoms with Crippen molar-refractivity contribution in [1.29, 1.82) is 0 Å². The largest absolute Gasteiger partial charge is 0.428 e. The van der Waals surface area contributed by atoms with Gasteiger partial charge < -0.3 is 15.2 Å². The van der Waals surface area contributed by atoms with Gasteiger partial charge in [0.25, 0.3) is 6.47 Å². The number of nitrogens with one attached hydrogen (secondary N) is 1. The molecule has 4 aliphatic carbocycles. The Morgan fingerprint density at radius 2 is 1.90 bits per heavy atom. The fourth-order valence-electron chi connectivity index (χ4n) is 9.80. The van der Waals surface area contributed by atoms with Gasteiger partial charge in [-0.25, -0.2) is 0 Å². The lowest BCUT2D eigenvalue weighted by Crippen LogP contribution is -2.57. The molecule has 0 saturated heterocycles. The second kappa shape index (κ2) is 11.4. The number of carbonyl (C=O) groups excluding carboxylic acids is 2. The van der Waals surface area contributed by atoms with Crippen molar-refractivity contribution in [2.24, 2.45) is 40.4 Å². The summed E-state index contributed by atoms with van der Waals surface area (Å²) in [4.78, 5) is 23.8. The molecule has 0 aromatic heterocycles. The molecule has 0 heterocycles. The third-order valence-electron chi connectivity index (χ3n) is 12.1. The van der Waals surface area contributed by atoms with Crippen LogP contribution in [0.25, 0.3) is 5.57 Å². The number of fused-ring (bicyclic) bond motifs is 5. The van der Waals surface area contributed by atoms with Crippen LogP contribution in [0.3, 0.4) is 0 Å². The lowest BCUT2D eigenvalue weighted by atomic mass is 9.44. The standard InChI is InChI=1S/C34H49NO4/c1-5-22(2)26-14-13-25(20-30(26)39-21-36)35-31(38)11-8-10-23-12-15-27-32-28(16-18-34(23,27)4)33(3)17-7-6-9-24(33)19-29(32)37/h5,13-14,20-21,23-24,27-29,32,37H,6-12,15-19H2,1-4H3,(H,35,38)/b22-5-. The molecule has 39 heavy (non-hydrogen) atoms. The van der Waals surface area contributed by atoms with E-state index in [4.69, 9.17) is 4.74 Å². The van der Waals surface area contributed by atoms with Crippen LogP contribution in [0.4, 0.5) is 5.69 Å². The van der Waals surface area contributed by atoms with Crippen LogP contribution >= 0.6 is 0 Å². The smallest absolute Gasteiger partial charge is 0.298 e. The topological polar surface area (TPSA) is 75.6 Å². The van der Waals surface area contributed by atoms with Crippen LogP contribution in [0.2, 0.25) is 0 Å². The van der Waals surface area contributed by atoms with Crippen molar-refractivity contribution >= 4 is 23.6 Å². The SMILES string of the molecule is C/C=C(/C)c1ccc(NC(=O)CCCC2CCC3C4C(O)CC5CCCCC5(C)C4CCC23C)cc1OC=O. The third-order valence-corrected chi connectivity index (χ3v) is 12.1. The number of amides is 1. The first-order valence-electron chi connectivity index (χ1n) is 15.6. The summed E-state index contributed by atoms with van der Waals surface area (Å²) in [5.74, 6) is 3.59. The average Bonchev–Trinajstić information content (AvgIpc) is 3.25. The number of anilines is 1. The maximum absolute atomic E-state index is 12.8. The quantitative estimate of drug-likeness (QED) is 0.333. The minimum atomic E-state index is -0.128. The summed E-state index contributed by atoms with van der Waals surface area (Å²) in [5.41, 5.74) is 3.22. The van der Waals surface area contributed by atoms with E-state index in [1.165, 1.54) is 51.4 Å². The van der Waals surface area contributed by atoms with E-state index >= 15 is 0 Å². The fourth-order valence-corrected chi connectivity index (χ4v) is 9.80. The summed E-state index contributed by atoms with van der Waals surface area (Å²) in [5, 5.41) is 14.4. The Labute approximate surface area is 235 Å². The summed E-state index contributed by atoms with van der Waals surface area (Å²) in [6, 6.07) is 5.48. The van der Waals surface area contributed by atoms with E-state index in [9.17, 15) is 14.7 Å². The van der Waals surface area contributed by atoms with E-state index in [-0.39, 0.29) is 17.4 Å². The zero-order valence-corrected chi connectivity index (χ0v) is 24.5. The molecule has 5 nitrogen and oxygen atoms in total. The first-order valence-corrected chi connectivity index (χ1v) is 15.6. The van der Waals surface area contributed by atoms with Gasteiger partial charge in [0, 0.05) is 23.7 Å². The van der Waals surface area contributed by atoms with Crippen LogP contribution < -0.4 is 10.1 Å². The minimum absolute atomic E-state index is 0.00457. The Morgan fingerprint density at radius 3 is 2.67 bits per heavy atom. The molecule has 4 aliphatic rings. The van der Waals surface area contributed by atoms with Crippen LogP contribution in [-0.2, 0) is 9.59 Å². The predicted octanol–water partition coefficient (Wildman–Crippen LogP) is 7.77. The van der Waals surface area contributed by atoms with E-state index in [0.717, 1.165) is 30.4 Å². The number of carbonyl (C=O) groups is 2. The van der Waals surface area contributed by atoms with Crippen molar-refractivity contribution in [3.8, 4) is 5.75 Å². The Morgan fingerprint density at radius 1 is 1.10 bits per heavy atom. The number of aliphatic hydroxyl groups excluding tert-OH is 1. The lowest BCUT2D eigenvalue weighted by molar-refractivity contribution is -0.162. The van der Waals surface area contributed by atoms with E-state index in [1.807, 2.05) is 32.1 Å². The van der Waals surface area contributed by atoms with Crippen LogP contribution in [-0.4, -0.2) is 23.6 Å². The highest BCUT2D eigenvalue weighted by atomic mass is 16.5. The lowest BCUT2D eigenvalue weighted by Gasteiger charge is -2.62. The molecule has 5 heteroatoms. The number of rotatable bonds is 8. The molecule has 0 radical (unpaired) electrons. The summed E-state index contributed by atoms with van der Waals surface area (Å²) < 4.78 is 5.18. The van der Waals surface area contributed by atoms with Gasteiger partial charge in [-0.3, -0.25) is 9.59 Å². The Hall–Kier alpha value is -2.14. The molecule has 8 atom stereocenters. The van der Waals surface area contributed by atoms with Crippen LogP contribution in [0, 0.1) is 40.4 Å². The van der Waals surface area contributed by atoms with Gasteiger partial charge in [0.15, 0.2) is 0 Å². The zero-order valence-electron chi connectivity index (χ0n) is 24.5. The average molecular weight is 536 g/mol. The maximum Gasteiger partial charge on any atom is 0.298 e. The molecule has 4 saturated carbocycles. The van der Waals surface area contributed by atoms with E-state index in [2.05, 4.69) is 19.2 Å². The van der Waals surface area contributed by atoms with Crippen molar-refractivity contribution in [1.82, 2.24) is 0 Å². The van der Waals surface area contributed by atoms with Gasteiger partial charge >= 0.3 is 0 Å². The summed E-state index contributed by atoms with van der Waals surface area (Å²) in [7, 11) is 0. The molecule has 5 rings (SSSR count). The first kappa shape index (κ1) is 28.4. The van der Waals surface area contributed by atoms with Crippen LogP contribution in [0.15, 0.2) is 24.3 Å². The molecular formula is C34H49NO4. The van der Waals surface area contributed by atoms with Gasteiger partial charge in [-0.05, 0) is 130 Å². The number of ether oxygens (including phenoxy) is 1. The number of allylic oxidation sites excluding steroid dienone is 2. The first-order chi connectivity index (χ1) is 18.7. The second-order valence-electron chi connectivity index (χ2n) is 13.7. The third kappa shape index (κ3) is 5.21. The van der Waals surface area contributed by atoms with Gasteiger partial charge in [-0.2, -0.15) is 0 Å². The van der Waals surface area contributed by atoms with Crippen molar-refractivity contribution in [2.75, 3.05) is 5.32 Å². The zero-order chi connectivity index (χ0) is 27.8. The second-order valence-corrected chi connectivity index (χ2v) is 13.7. The van der Waals surface area contributed by atoms with Gasteiger partial charge in [0.05, 0.1) is 6.10 Å². The molecule has 4 fully saturated rings. The normalized spacial score (nSPS) is 37.8. The molecule has 8 unspecified atom stereocenters. The Balaban J connectivity index is 1.18. The molecule has 1 amide bonds. The fraction of sp³-hybridized carbons (Fsp3) is 0.706. The Kier molecular flexibility index (Phi) is 8.29. The summed E-state index contributed by atoms with van der Waals surface area (Å²) >= 11 is 0. The van der Waals surface area contributed by atoms with E-state index in [0.29, 0.717) is 59.3 Å². The highest BCUT2D eigenvalue weighted by Crippen LogP contribution is 2.67. The molecule has 2 N–H and O–H groups in total. The molecule has 1 aromatic rings.